The Kier molecular flexibility index (Phi) is 3.79. The highest BCUT2D eigenvalue weighted by Crippen LogP contribution is 2.39. The van der Waals surface area contributed by atoms with Gasteiger partial charge in [0.05, 0.1) is 11.2 Å². The smallest absolute Gasteiger partial charge is 0.0724 e. The molecule has 1 aromatic carbocycles. The lowest BCUT2D eigenvalue weighted by Gasteiger charge is -1.84. The second kappa shape index (κ2) is 5.31. The largest absolute Gasteiger partial charge is 0.248 e. The van der Waals surface area contributed by atoms with Crippen molar-refractivity contribution in [1.82, 2.24) is 4.98 Å². The van der Waals surface area contributed by atoms with Crippen LogP contribution in [0.15, 0.2) is 30.3 Å². The number of alkyl halides is 1. The molecule has 0 amide bonds. The summed E-state index contributed by atoms with van der Waals surface area (Å²) in [5.74, 6) is 0.827. The van der Waals surface area contributed by atoms with E-state index in [1.54, 1.807) is 0 Å². The van der Waals surface area contributed by atoms with E-state index in [1.807, 2.05) is 6.07 Å². The molecule has 1 heterocycles. The molecule has 0 fully saturated rings. The molecule has 0 N–H and O–H groups in total. The molecule has 1 aliphatic carbocycles. The maximum absolute atomic E-state index is 5.38. The number of rotatable bonds is 3. The van der Waals surface area contributed by atoms with Gasteiger partial charge in [-0.15, -0.1) is 11.6 Å². The van der Waals surface area contributed by atoms with Crippen LogP contribution in [0.2, 0.25) is 0 Å². The summed E-state index contributed by atoms with van der Waals surface area (Å²) in [7, 11) is 0. The van der Waals surface area contributed by atoms with Crippen molar-refractivity contribution in [1.29, 1.82) is 0 Å². The summed E-state index contributed by atoms with van der Waals surface area (Å²) in [6, 6.07) is 10.4. The van der Waals surface area contributed by atoms with Gasteiger partial charge in [0.25, 0.3) is 0 Å². The lowest BCUT2D eigenvalue weighted by molar-refractivity contribution is 0.776. The summed E-state index contributed by atoms with van der Waals surface area (Å²) in [6.45, 7) is 2.17. The standard InChI is InChI=1S/C9H5N.C5H11Cl/c1-2-4-8-6(3-1)7-5-9(7)10-8;1-2-3-4-5-6/h1-5H;2-5H2,1H3. The van der Waals surface area contributed by atoms with Crippen LogP contribution in [0.25, 0.3) is 22.2 Å². The molecule has 84 valence electrons. The summed E-state index contributed by atoms with van der Waals surface area (Å²) in [4.78, 5) is 4.35. The second-order valence-electron chi connectivity index (χ2n) is 3.97. The number of nitrogens with zero attached hydrogens (tertiary/aromatic N) is 1. The van der Waals surface area contributed by atoms with Crippen LogP contribution < -0.4 is 0 Å². The first-order chi connectivity index (χ1) is 7.86. The maximum Gasteiger partial charge on any atom is 0.0724 e. The van der Waals surface area contributed by atoms with Crippen LogP contribution in [-0.2, 0) is 0 Å². The molecule has 0 bridgehead atoms. The number of hydrogen-bond acceptors (Lipinski definition) is 1. The Balaban J connectivity index is 0.000000142. The van der Waals surface area contributed by atoms with Crippen molar-refractivity contribution >= 4 is 22.5 Å². The lowest BCUT2D eigenvalue weighted by atomic mass is 10.2. The van der Waals surface area contributed by atoms with E-state index in [4.69, 9.17) is 11.6 Å². The van der Waals surface area contributed by atoms with Gasteiger partial charge in [0.2, 0.25) is 0 Å². The fraction of sp³-hybridized carbons (Fsp3) is 0.357. The number of halogens is 1. The first kappa shape index (κ1) is 11.4. The van der Waals surface area contributed by atoms with Crippen LogP contribution in [0, 0.1) is 0 Å². The first-order valence-electron chi connectivity index (χ1n) is 5.83. The van der Waals surface area contributed by atoms with E-state index in [-0.39, 0.29) is 0 Å². The summed E-state index contributed by atoms with van der Waals surface area (Å²) in [6.07, 6.45) is 3.73. The van der Waals surface area contributed by atoms with Crippen molar-refractivity contribution in [2.45, 2.75) is 26.2 Å². The van der Waals surface area contributed by atoms with Gasteiger partial charge < -0.3 is 0 Å². The third-order valence-corrected chi connectivity index (χ3v) is 2.91. The van der Waals surface area contributed by atoms with Gasteiger partial charge in [0.15, 0.2) is 0 Å². The maximum atomic E-state index is 5.38. The zero-order chi connectivity index (χ0) is 11.4. The lowest BCUT2D eigenvalue weighted by Crippen LogP contribution is -1.70. The zero-order valence-electron chi connectivity index (χ0n) is 9.54. The van der Waals surface area contributed by atoms with Crippen molar-refractivity contribution in [3.8, 4) is 11.3 Å². The summed E-state index contributed by atoms with van der Waals surface area (Å²) < 4.78 is 0. The number of para-hydroxylation sites is 1. The van der Waals surface area contributed by atoms with Crippen molar-refractivity contribution in [3.63, 3.8) is 0 Å². The van der Waals surface area contributed by atoms with Gasteiger partial charge in [-0.3, -0.25) is 0 Å². The fourth-order valence-electron chi connectivity index (χ4n) is 1.68. The van der Waals surface area contributed by atoms with E-state index in [2.05, 4.69) is 36.2 Å². The van der Waals surface area contributed by atoms with Crippen molar-refractivity contribution < 1.29 is 0 Å². The number of unbranched alkanes of at least 4 members (excludes halogenated alkanes) is 2. The van der Waals surface area contributed by atoms with Gasteiger partial charge in [0.1, 0.15) is 0 Å². The first-order valence-corrected chi connectivity index (χ1v) is 6.36. The van der Waals surface area contributed by atoms with Crippen LogP contribution in [-0.4, -0.2) is 10.9 Å². The average molecular weight is 234 g/mol. The highest BCUT2D eigenvalue weighted by molar-refractivity contribution is 6.17. The molecular weight excluding hydrogens is 218 g/mol. The average Bonchev–Trinajstić information content (AvgIpc) is 3.00. The monoisotopic (exact) mass is 233 g/mol. The molecule has 2 aliphatic rings. The topological polar surface area (TPSA) is 12.9 Å². The van der Waals surface area contributed by atoms with Gasteiger partial charge >= 0.3 is 0 Å². The normalized spacial score (nSPS) is 10.9. The van der Waals surface area contributed by atoms with Gasteiger partial charge in [-0.1, -0.05) is 38.0 Å². The number of hydrogen-bond donors (Lipinski definition) is 0. The van der Waals surface area contributed by atoms with E-state index >= 15 is 0 Å². The van der Waals surface area contributed by atoms with Crippen molar-refractivity contribution in [2.75, 3.05) is 5.88 Å². The molecule has 0 saturated heterocycles. The Morgan fingerprint density at radius 1 is 1.19 bits per heavy atom. The van der Waals surface area contributed by atoms with E-state index in [0.717, 1.165) is 11.4 Å². The quantitative estimate of drug-likeness (QED) is 0.475. The number of aromatic nitrogens is 1. The van der Waals surface area contributed by atoms with E-state index in [0.29, 0.717) is 0 Å². The molecule has 1 aliphatic heterocycles. The van der Waals surface area contributed by atoms with E-state index < -0.39 is 0 Å². The third-order valence-electron chi connectivity index (χ3n) is 2.65. The molecule has 1 aromatic rings. The molecule has 0 saturated carbocycles. The molecule has 0 radical (unpaired) electrons. The predicted molar refractivity (Wildman–Crippen MR) is 71.0 cm³/mol. The summed E-state index contributed by atoms with van der Waals surface area (Å²) in [5.41, 5.74) is 3.66. The minimum Gasteiger partial charge on any atom is -0.248 e. The molecule has 0 aromatic heterocycles. The summed E-state index contributed by atoms with van der Waals surface area (Å²) >= 11 is 5.38. The van der Waals surface area contributed by atoms with Gasteiger partial charge in [-0.25, -0.2) is 4.98 Å². The minimum atomic E-state index is 0.827. The van der Waals surface area contributed by atoms with E-state index in [1.165, 1.54) is 35.9 Å². The molecular formula is C14H16ClN. The SMILES string of the molecule is CCCCCCl.c1ccc2c3cc-3nc2c1. The highest BCUT2D eigenvalue weighted by atomic mass is 35.5. The van der Waals surface area contributed by atoms with E-state index in [9.17, 15) is 0 Å². The van der Waals surface area contributed by atoms with Gasteiger partial charge in [-0.2, -0.15) is 0 Å². The van der Waals surface area contributed by atoms with Crippen molar-refractivity contribution in [2.24, 2.45) is 0 Å². The van der Waals surface area contributed by atoms with Crippen LogP contribution in [0.5, 0.6) is 0 Å². The van der Waals surface area contributed by atoms with Crippen LogP contribution in [0.4, 0.5) is 0 Å². The van der Waals surface area contributed by atoms with Gasteiger partial charge in [-0.05, 0) is 18.6 Å². The van der Waals surface area contributed by atoms with Crippen LogP contribution in [0.3, 0.4) is 0 Å². The summed E-state index contributed by atoms with van der Waals surface area (Å²) in [5, 5.41) is 1.30. The number of pyridine rings is 1. The Hall–Kier alpha value is -1.08. The molecule has 3 rings (SSSR count). The van der Waals surface area contributed by atoms with Crippen LogP contribution >= 0.6 is 11.6 Å². The predicted octanol–water partition coefficient (Wildman–Crippen LogP) is 4.63. The Labute approximate surface area is 101 Å². The molecule has 0 spiro atoms. The Morgan fingerprint density at radius 2 is 2.00 bits per heavy atom. The molecule has 1 nitrogen and oxygen atoms in total. The van der Waals surface area contributed by atoms with Gasteiger partial charge in [0, 0.05) is 16.8 Å². The highest BCUT2D eigenvalue weighted by Gasteiger charge is 2.18. The number of benzene rings is 1. The Morgan fingerprint density at radius 3 is 2.62 bits per heavy atom. The molecule has 0 unspecified atom stereocenters. The fourth-order valence-corrected chi connectivity index (χ4v) is 1.87. The minimum absolute atomic E-state index is 0.827. The van der Waals surface area contributed by atoms with Crippen LogP contribution in [0.1, 0.15) is 26.2 Å². The third kappa shape index (κ3) is 2.53. The molecule has 0 atom stereocenters. The second-order valence-corrected chi connectivity index (χ2v) is 4.35. The van der Waals surface area contributed by atoms with Crippen molar-refractivity contribution in [3.05, 3.63) is 30.3 Å². The Bertz CT molecular complexity index is 475. The molecule has 16 heavy (non-hydrogen) atoms. The zero-order valence-corrected chi connectivity index (χ0v) is 10.3. The number of fused-ring (bicyclic) bond motifs is 3. The molecule has 2 heteroatoms.